The van der Waals surface area contributed by atoms with Crippen molar-refractivity contribution in [3.8, 4) is 0 Å². The van der Waals surface area contributed by atoms with Crippen molar-refractivity contribution < 1.29 is 36.6 Å². The van der Waals surface area contributed by atoms with E-state index in [9.17, 15) is 27.2 Å². The van der Waals surface area contributed by atoms with Crippen LogP contribution in [-0.2, 0) is 19.1 Å². The maximum absolute atomic E-state index is 13.6. The summed E-state index contributed by atoms with van der Waals surface area (Å²) in [6.45, 7) is 3.01. The predicted octanol–water partition coefficient (Wildman–Crippen LogP) is 2.42. The third-order valence-electron chi connectivity index (χ3n) is 2.02. The highest BCUT2D eigenvalue weighted by atomic mass is 19.2. The van der Waals surface area contributed by atoms with E-state index in [1.165, 1.54) is 0 Å². The van der Waals surface area contributed by atoms with Gasteiger partial charge in [-0.15, -0.1) is 0 Å². The average molecular weight is 323 g/mol. The van der Waals surface area contributed by atoms with Gasteiger partial charge in [-0.25, -0.2) is 27.2 Å². The number of carbonyl (C=O) groups excluding carboxylic acids is 2. The number of esters is 2. The van der Waals surface area contributed by atoms with Gasteiger partial charge in [0.2, 0.25) is 0 Å². The maximum Gasteiger partial charge on any atom is 0.344 e. The molecule has 0 unspecified atom stereocenters. The van der Waals surface area contributed by atoms with Crippen LogP contribution in [0.3, 0.4) is 0 Å². The summed E-state index contributed by atoms with van der Waals surface area (Å²) < 4.78 is 61.0. The van der Waals surface area contributed by atoms with Crippen LogP contribution in [0.5, 0.6) is 0 Å². The first-order chi connectivity index (χ1) is 10.3. The van der Waals surface area contributed by atoms with Gasteiger partial charge in [0, 0.05) is 11.8 Å². The van der Waals surface area contributed by atoms with Crippen molar-refractivity contribution in [1.82, 2.24) is 0 Å². The van der Waals surface area contributed by atoms with Gasteiger partial charge in [0.15, 0.2) is 17.5 Å². The van der Waals surface area contributed by atoms with Gasteiger partial charge < -0.3 is 15.2 Å². The molecule has 0 aromatic heterocycles. The first-order valence-corrected chi connectivity index (χ1v) is 5.70. The van der Waals surface area contributed by atoms with Crippen molar-refractivity contribution in [1.29, 1.82) is 0 Å². The van der Waals surface area contributed by atoms with E-state index >= 15 is 0 Å². The fraction of sp³-hybridized carbons (Fsp3) is 0.231. The molecule has 0 heterocycles. The summed E-state index contributed by atoms with van der Waals surface area (Å²) in [5.41, 5.74) is 2.67. The average Bonchev–Trinajstić information content (AvgIpc) is 2.49. The number of hydrogen-bond acceptors (Lipinski definition) is 5. The molecule has 0 aromatic carbocycles. The highest BCUT2D eigenvalue weighted by Gasteiger charge is 2.26. The Balaban J connectivity index is 5.12. The Kier molecular flexibility index (Phi) is 8.27. The number of rotatable bonds is 7. The van der Waals surface area contributed by atoms with Gasteiger partial charge in [-0.3, -0.25) is 0 Å². The fourth-order valence-corrected chi connectivity index (χ4v) is 1.04. The van der Waals surface area contributed by atoms with Gasteiger partial charge in [0.05, 0.1) is 0 Å². The van der Waals surface area contributed by atoms with Gasteiger partial charge >= 0.3 is 11.9 Å². The van der Waals surface area contributed by atoms with Crippen LogP contribution < -0.4 is 5.73 Å². The SMILES string of the molecule is C=CC(=O)OCCOC(=O)C(/C(F)=C/F)=C(F)/C(F)=C(\C)N. The lowest BCUT2D eigenvalue weighted by Gasteiger charge is -2.08. The van der Waals surface area contributed by atoms with Crippen LogP contribution in [0.2, 0.25) is 0 Å². The molecule has 0 aromatic rings. The molecule has 9 heteroatoms. The normalized spacial score (nSPS) is 13.8. The van der Waals surface area contributed by atoms with Gasteiger partial charge in [0.1, 0.15) is 25.1 Å². The van der Waals surface area contributed by atoms with Crippen LogP contribution in [0.25, 0.3) is 0 Å². The summed E-state index contributed by atoms with van der Waals surface area (Å²) in [5.74, 6) is -8.25. The smallest absolute Gasteiger partial charge is 0.344 e. The fourth-order valence-electron chi connectivity index (χ4n) is 1.04. The minimum Gasteiger partial charge on any atom is -0.459 e. The molecule has 0 saturated carbocycles. The predicted molar refractivity (Wildman–Crippen MR) is 68.5 cm³/mol. The van der Waals surface area contributed by atoms with Crippen molar-refractivity contribution in [3.63, 3.8) is 0 Å². The zero-order valence-electron chi connectivity index (χ0n) is 11.5. The lowest BCUT2D eigenvalue weighted by Crippen LogP contribution is -2.16. The summed E-state index contributed by atoms with van der Waals surface area (Å²) >= 11 is 0. The summed E-state index contributed by atoms with van der Waals surface area (Å²) in [7, 11) is 0. The molecule has 22 heavy (non-hydrogen) atoms. The van der Waals surface area contributed by atoms with E-state index in [-0.39, 0.29) is 0 Å². The third-order valence-corrected chi connectivity index (χ3v) is 2.02. The first-order valence-electron chi connectivity index (χ1n) is 5.70. The Bertz CT molecular complexity index is 548. The van der Waals surface area contributed by atoms with Crippen LogP contribution in [0.1, 0.15) is 6.92 Å². The molecule has 2 N–H and O–H groups in total. The maximum atomic E-state index is 13.6. The molecule has 122 valence electrons. The second-order valence-electron chi connectivity index (χ2n) is 3.65. The highest BCUT2D eigenvalue weighted by molar-refractivity contribution is 5.93. The minimum atomic E-state index is -2.01. The second kappa shape index (κ2) is 9.37. The van der Waals surface area contributed by atoms with Crippen molar-refractivity contribution in [2.45, 2.75) is 6.92 Å². The standard InChI is InChI=1S/C13H13F4NO4/c1-3-9(19)21-4-5-22-13(20)10(8(15)6-14)12(17)11(16)7(2)18/h3,6H,1,4-5,18H2,2H3/b8-6-,11-7-,12-10-. The molecule has 0 aliphatic carbocycles. The molecule has 5 nitrogen and oxygen atoms in total. The molecular formula is C13H13F4NO4. The molecule has 0 aliphatic heterocycles. The van der Waals surface area contributed by atoms with Crippen LogP contribution in [0.4, 0.5) is 17.6 Å². The van der Waals surface area contributed by atoms with E-state index in [2.05, 4.69) is 16.1 Å². The molecule has 0 rings (SSSR count). The molecule has 0 atom stereocenters. The zero-order valence-corrected chi connectivity index (χ0v) is 11.5. The van der Waals surface area contributed by atoms with Crippen LogP contribution in [-0.4, -0.2) is 25.2 Å². The first kappa shape index (κ1) is 19.4. The highest BCUT2D eigenvalue weighted by Crippen LogP contribution is 2.26. The molecule has 0 aliphatic rings. The Labute approximate surface area is 123 Å². The molecule has 0 amide bonds. The van der Waals surface area contributed by atoms with Crippen molar-refractivity contribution in [3.05, 3.63) is 47.7 Å². The Morgan fingerprint density at radius 3 is 2.14 bits per heavy atom. The van der Waals surface area contributed by atoms with Crippen molar-refractivity contribution in [2.24, 2.45) is 5.73 Å². The van der Waals surface area contributed by atoms with E-state index in [4.69, 9.17) is 5.73 Å². The van der Waals surface area contributed by atoms with Crippen LogP contribution in [0, 0.1) is 0 Å². The summed E-state index contributed by atoms with van der Waals surface area (Å²) in [6.07, 6.45) is 0.0928. The lowest BCUT2D eigenvalue weighted by atomic mass is 10.2. The van der Waals surface area contributed by atoms with Crippen LogP contribution >= 0.6 is 0 Å². The molecular weight excluding hydrogens is 310 g/mol. The number of nitrogens with two attached hydrogens (primary N) is 1. The van der Waals surface area contributed by atoms with E-state index in [1.807, 2.05) is 0 Å². The molecule has 0 spiro atoms. The molecule has 0 bridgehead atoms. The number of halogens is 4. The second-order valence-corrected chi connectivity index (χ2v) is 3.65. The molecule has 0 saturated heterocycles. The molecule has 0 radical (unpaired) electrons. The third kappa shape index (κ3) is 5.81. The van der Waals surface area contributed by atoms with E-state index in [0.29, 0.717) is 0 Å². The van der Waals surface area contributed by atoms with Crippen molar-refractivity contribution in [2.75, 3.05) is 13.2 Å². The van der Waals surface area contributed by atoms with Crippen molar-refractivity contribution >= 4 is 11.9 Å². The number of ether oxygens (including phenoxy) is 2. The van der Waals surface area contributed by atoms with Crippen LogP contribution in [0.15, 0.2) is 47.7 Å². The van der Waals surface area contributed by atoms with Gasteiger partial charge in [-0.1, -0.05) is 6.58 Å². The monoisotopic (exact) mass is 323 g/mol. The van der Waals surface area contributed by atoms with E-state index < -0.39 is 60.2 Å². The summed E-state index contributed by atoms with van der Waals surface area (Å²) in [5, 5.41) is 0. The summed E-state index contributed by atoms with van der Waals surface area (Å²) in [4.78, 5) is 22.1. The van der Waals surface area contributed by atoms with Gasteiger partial charge in [-0.05, 0) is 6.92 Å². The minimum absolute atomic E-state index is 0.444. The molecule has 0 fully saturated rings. The Hall–Kier alpha value is -2.58. The Morgan fingerprint density at radius 1 is 1.14 bits per heavy atom. The van der Waals surface area contributed by atoms with E-state index in [1.54, 1.807) is 0 Å². The topological polar surface area (TPSA) is 78.6 Å². The van der Waals surface area contributed by atoms with Gasteiger partial charge in [0.25, 0.3) is 0 Å². The number of carbonyl (C=O) groups is 2. The van der Waals surface area contributed by atoms with E-state index in [0.717, 1.165) is 13.0 Å². The zero-order chi connectivity index (χ0) is 17.3. The quantitative estimate of drug-likeness (QED) is 0.256. The van der Waals surface area contributed by atoms with Gasteiger partial charge in [-0.2, -0.15) is 0 Å². The largest absolute Gasteiger partial charge is 0.459 e. The number of hydrogen-bond donors (Lipinski definition) is 1. The lowest BCUT2D eigenvalue weighted by molar-refractivity contribution is -0.146. The Morgan fingerprint density at radius 2 is 1.68 bits per heavy atom. The summed E-state index contributed by atoms with van der Waals surface area (Å²) in [6, 6.07) is 0. The number of allylic oxidation sites excluding steroid dienone is 3.